The molecule has 1 fully saturated rings. The molecule has 2 aromatic rings. The van der Waals surface area contributed by atoms with E-state index in [1.165, 1.54) is 6.42 Å². The summed E-state index contributed by atoms with van der Waals surface area (Å²) < 4.78 is 0. The molecule has 1 saturated carbocycles. The summed E-state index contributed by atoms with van der Waals surface area (Å²) in [6, 6.07) is 7.34. The van der Waals surface area contributed by atoms with E-state index in [4.69, 9.17) is 10.7 Å². The van der Waals surface area contributed by atoms with Crippen LogP contribution in [0.15, 0.2) is 35.3 Å². The fourth-order valence-corrected chi connectivity index (χ4v) is 4.08. The SMILES string of the molecule is CC1CC(N=C(N)/C=C\c2n[nH]c(Cc3ccc(O)cc3)n2)CC(C)(C)C1. The van der Waals surface area contributed by atoms with Crippen molar-refractivity contribution in [1.29, 1.82) is 0 Å². The van der Waals surface area contributed by atoms with E-state index in [9.17, 15) is 5.11 Å². The van der Waals surface area contributed by atoms with Crippen LogP contribution in [0.5, 0.6) is 5.75 Å². The number of aromatic hydroxyl groups is 1. The molecule has 1 aliphatic rings. The molecule has 4 N–H and O–H groups in total. The van der Waals surface area contributed by atoms with Crippen LogP contribution in [0.4, 0.5) is 0 Å². The van der Waals surface area contributed by atoms with Gasteiger partial charge in [0, 0.05) is 6.42 Å². The molecule has 1 aliphatic carbocycles. The average molecular weight is 367 g/mol. The van der Waals surface area contributed by atoms with Gasteiger partial charge in [0.05, 0.1) is 6.04 Å². The van der Waals surface area contributed by atoms with Crippen LogP contribution in [0.2, 0.25) is 0 Å². The van der Waals surface area contributed by atoms with Gasteiger partial charge in [-0.2, -0.15) is 5.10 Å². The number of nitrogens with two attached hydrogens (primary N) is 1. The number of aliphatic imine (C=N–C) groups is 1. The number of amidine groups is 1. The number of nitrogens with zero attached hydrogens (tertiary/aromatic N) is 3. The van der Waals surface area contributed by atoms with E-state index >= 15 is 0 Å². The summed E-state index contributed by atoms with van der Waals surface area (Å²) in [4.78, 5) is 9.15. The summed E-state index contributed by atoms with van der Waals surface area (Å²) in [5.41, 5.74) is 7.48. The number of phenols is 1. The van der Waals surface area contributed by atoms with Gasteiger partial charge in [0.1, 0.15) is 17.4 Å². The third kappa shape index (κ3) is 5.67. The Morgan fingerprint density at radius 2 is 2.07 bits per heavy atom. The second-order valence-electron chi connectivity index (χ2n) is 8.44. The second-order valence-corrected chi connectivity index (χ2v) is 8.44. The Morgan fingerprint density at radius 3 is 2.78 bits per heavy atom. The lowest BCUT2D eigenvalue weighted by Crippen LogP contribution is -2.31. The molecule has 0 spiro atoms. The topological polar surface area (TPSA) is 100 Å². The number of hydrogen-bond donors (Lipinski definition) is 3. The Hall–Kier alpha value is -2.63. The van der Waals surface area contributed by atoms with E-state index in [2.05, 4.69) is 36.0 Å². The zero-order chi connectivity index (χ0) is 19.4. The highest BCUT2D eigenvalue weighted by Gasteiger charge is 2.31. The number of H-pyrrole nitrogens is 1. The fourth-order valence-electron chi connectivity index (χ4n) is 4.08. The van der Waals surface area contributed by atoms with E-state index in [0.717, 1.165) is 24.2 Å². The fraction of sp³-hybridized carbons (Fsp3) is 0.476. The third-order valence-electron chi connectivity index (χ3n) is 4.96. The van der Waals surface area contributed by atoms with Gasteiger partial charge in [0.25, 0.3) is 0 Å². The van der Waals surface area contributed by atoms with E-state index in [1.54, 1.807) is 24.3 Å². The molecule has 6 heteroatoms. The van der Waals surface area contributed by atoms with Gasteiger partial charge in [-0.1, -0.05) is 32.9 Å². The minimum atomic E-state index is 0.255. The zero-order valence-electron chi connectivity index (χ0n) is 16.3. The van der Waals surface area contributed by atoms with Crippen molar-refractivity contribution < 1.29 is 5.11 Å². The summed E-state index contributed by atoms with van der Waals surface area (Å²) >= 11 is 0. The first-order chi connectivity index (χ1) is 12.8. The van der Waals surface area contributed by atoms with Gasteiger partial charge >= 0.3 is 0 Å². The third-order valence-corrected chi connectivity index (χ3v) is 4.96. The first-order valence-corrected chi connectivity index (χ1v) is 9.50. The Labute approximate surface area is 160 Å². The molecule has 6 nitrogen and oxygen atoms in total. The van der Waals surface area contributed by atoms with Crippen LogP contribution >= 0.6 is 0 Å². The minimum Gasteiger partial charge on any atom is -0.508 e. The van der Waals surface area contributed by atoms with Crippen molar-refractivity contribution in [2.75, 3.05) is 0 Å². The van der Waals surface area contributed by atoms with Crippen LogP contribution in [0.1, 0.15) is 57.2 Å². The first-order valence-electron chi connectivity index (χ1n) is 9.50. The molecule has 1 aromatic heterocycles. The monoisotopic (exact) mass is 367 g/mol. The zero-order valence-corrected chi connectivity index (χ0v) is 16.3. The van der Waals surface area contributed by atoms with Crippen LogP contribution in [0.25, 0.3) is 6.08 Å². The van der Waals surface area contributed by atoms with Gasteiger partial charge < -0.3 is 10.8 Å². The Bertz CT molecular complexity index is 819. The van der Waals surface area contributed by atoms with Crippen molar-refractivity contribution in [3.63, 3.8) is 0 Å². The van der Waals surface area contributed by atoms with Gasteiger partial charge in [-0.05, 0) is 60.4 Å². The second kappa shape index (κ2) is 7.94. The Balaban J connectivity index is 1.60. The maximum Gasteiger partial charge on any atom is 0.174 e. The molecule has 0 bridgehead atoms. The molecule has 3 rings (SSSR count). The molecule has 0 aliphatic heterocycles. The Morgan fingerprint density at radius 1 is 1.33 bits per heavy atom. The van der Waals surface area contributed by atoms with Crippen molar-refractivity contribution in [3.05, 3.63) is 47.6 Å². The number of nitrogens with one attached hydrogen (secondary N) is 1. The quantitative estimate of drug-likeness (QED) is 0.554. The van der Waals surface area contributed by atoms with E-state index in [0.29, 0.717) is 29.4 Å². The summed E-state index contributed by atoms with van der Waals surface area (Å²) in [5, 5.41) is 16.5. The van der Waals surface area contributed by atoms with Crippen LogP contribution in [0, 0.1) is 11.3 Å². The minimum absolute atomic E-state index is 0.255. The molecule has 0 amide bonds. The Kier molecular flexibility index (Phi) is 5.63. The van der Waals surface area contributed by atoms with Gasteiger partial charge in [0.2, 0.25) is 0 Å². The smallest absolute Gasteiger partial charge is 0.174 e. The van der Waals surface area contributed by atoms with Crippen molar-refractivity contribution in [2.45, 2.75) is 52.5 Å². The van der Waals surface area contributed by atoms with E-state index < -0.39 is 0 Å². The van der Waals surface area contributed by atoms with Crippen LogP contribution in [0.3, 0.4) is 0 Å². The van der Waals surface area contributed by atoms with Crippen molar-refractivity contribution in [1.82, 2.24) is 15.2 Å². The molecule has 0 radical (unpaired) electrons. The largest absolute Gasteiger partial charge is 0.508 e. The summed E-state index contributed by atoms with van der Waals surface area (Å²) in [6.07, 6.45) is 7.60. The number of phenolic OH excluding ortho intramolecular Hbond substituents is 1. The highest BCUT2D eigenvalue weighted by molar-refractivity contribution is 5.94. The summed E-state index contributed by atoms with van der Waals surface area (Å²) in [6.45, 7) is 6.90. The predicted molar refractivity (Wildman–Crippen MR) is 109 cm³/mol. The van der Waals surface area contributed by atoms with Crippen LogP contribution in [-0.4, -0.2) is 32.2 Å². The summed E-state index contributed by atoms with van der Waals surface area (Å²) in [7, 11) is 0. The van der Waals surface area contributed by atoms with Crippen molar-refractivity contribution in [3.8, 4) is 5.75 Å². The molecule has 2 atom stereocenters. The van der Waals surface area contributed by atoms with E-state index in [1.807, 2.05) is 12.1 Å². The molecule has 2 unspecified atom stereocenters. The van der Waals surface area contributed by atoms with Crippen LogP contribution < -0.4 is 5.73 Å². The molecule has 1 aromatic carbocycles. The molecule has 0 saturated heterocycles. The number of benzene rings is 1. The average Bonchev–Trinajstić information content (AvgIpc) is 3.01. The van der Waals surface area contributed by atoms with E-state index in [-0.39, 0.29) is 11.8 Å². The predicted octanol–water partition coefficient (Wildman–Crippen LogP) is 3.69. The van der Waals surface area contributed by atoms with Gasteiger partial charge in [-0.25, -0.2) is 4.98 Å². The first kappa shape index (κ1) is 19.1. The highest BCUT2D eigenvalue weighted by atomic mass is 16.3. The lowest BCUT2D eigenvalue weighted by atomic mass is 9.71. The molecule has 27 heavy (non-hydrogen) atoms. The standard InChI is InChI=1S/C21H29N5O/c1-14-10-16(13-21(2,3)12-14)23-18(22)8-9-19-24-20(26-25-19)11-15-4-6-17(27)7-5-15/h4-9,14,16,27H,10-13H2,1-3H3,(H2,22,23)(H,24,25,26)/b9-8-. The molecule has 144 valence electrons. The van der Waals surface area contributed by atoms with Gasteiger partial charge in [-0.3, -0.25) is 10.1 Å². The number of aromatic nitrogens is 3. The molecular formula is C21H29N5O. The van der Waals surface area contributed by atoms with Gasteiger partial charge in [0.15, 0.2) is 5.82 Å². The van der Waals surface area contributed by atoms with Crippen molar-refractivity contribution in [2.24, 2.45) is 22.1 Å². The molecule has 1 heterocycles. The van der Waals surface area contributed by atoms with Crippen LogP contribution in [-0.2, 0) is 6.42 Å². The maximum atomic E-state index is 9.34. The van der Waals surface area contributed by atoms with Crippen molar-refractivity contribution >= 4 is 11.9 Å². The number of aromatic amines is 1. The molecular weight excluding hydrogens is 338 g/mol. The highest BCUT2D eigenvalue weighted by Crippen LogP contribution is 2.39. The normalized spacial score (nSPS) is 23.0. The lowest BCUT2D eigenvalue weighted by Gasteiger charge is -2.37. The lowest BCUT2D eigenvalue weighted by molar-refractivity contribution is 0.171. The summed E-state index contributed by atoms with van der Waals surface area (Å²) in [5.74, 6) is 2.80. The van der Waals surface area contributed by atoms with Gasteiger partial charge in [-0.15, -0.1) is 0 Å². The number of hydrogen-bond acceptors (Lipinski definition) is 4. The maximum absolute atomic E-state index is 9.34. The number of rotatable bonds is 5.